The van der Waals surface area contributed by atoms with Crippen molar-refractivity contribution >= 4 is 10.1 Å². The smallest absolute Gasteiger partial charge is 0.744 e. The van der Waals surface area contributed by atoms with Gasteiger partial charge in [-0.1, -0.05) is 139 Å². The summed E-state index contributed by atoms with van der Waals surface area (Å²) in [5.74, 6) is 0. The molecule has 0 aliphatic carbocycles. The molecule has 184 valence electrons. The third-order valence-electron chi connectivity index (χ3n) is 6.51. The molecule has 2 rings (SSSR count). The zero-order valence-electron chi connectivity index (χ0n) is 21.6. The molecule has 0 bridgehead atoms. The Morgan fingerprint density at radius 1 is 0.588 bits per heavy atom. The van der Waals surface area contributed by atoms with Crippen LogP contribution in [0.5, 0.6) is 0 Å². The Labute approximate surface area is 221 Å². The molecule has 0 aliphatic rings. The van der Waals surface area contributed by atoms with Gasteiger partial charge in [-0.2, -0.15) is 0 Å². The fraction of sp³-hybridized carbons (Fsp3) is 0.586. The number of hydrogen-bond acceptors (Lipinski definition) is 3. The largest absolute Gasteiger partial charge is 1.00 e. The van der Waals surface area contributed by atoms with Crippen LogP contribution in [0.4, 0.5) is 0 Å². The van der Waals surface area contributed by atoms with Crippen LogP contribution in [-0.4, -0.2) is 13.0 Å². The zero-order chi connectivity index (χ0) is 23.8. The van der Waals surface area contributed by atoms with Crippen molar-refractivity contribution in [3.8, 4) is 11.1 Å². The Kier molecular flexibility index (Phi) is 16.6. The van der Waals surface area contributed by atoms with Gasteiger partial charge in [-0.05, 0) is 35.6 Å². The minimum absolute atomic E-state index is 0. The quantitative estimate of drug-likeness (QED) is 0.157. The van der Waals surface area contributed by atoms with E-state index in [0.29, 0.717) is 5.56 Å². The second-order valence-electron chi connectivity index (χ2n) is 9.31. The Morgan fingerprint density at radius 3 is 1.50 bits per heavy atom. The molecule has 0 amide bonds. The maximum atomic E-state index is 11.7. The summed E-state index contributed by atoms with van der Waals surface area (Å²) in [5.41, 5.74) is 2.49. The summed E-state index contributed by atoms with van der Waals surface area (Å²) in [5, 5.41) is 0. The first-order chi connectivity index (χ1) is 16.0. The summed E-state index contributed by atoms with van der Waals surface area (Å²) >= 11 is 0. The summed E-state index contributed by atoms with van der Waals surface area (Å²) in [4.78, 5) is -0.131. The van der Waals surface area contributed by atoms with Crippen molar-refractivity contribution in [2.75, 3.05) is 0 Å². The van der Waals surface area contributed by atoms with E-state index in [2.05, 4.69) is 6.92 Å². The monoisotopic (exact) mass is 478 g/mol. The molecular weight excluding hydrogens is 435 g/mol. The van der Waals surface area contributed by atoms with E-state index in [1.54, 1.807) is 18.2 Å². The van der Waals surface area contributed by atoms with Crippen molar-refractivity contribution in [2.24, 2.45) is 0 Å². The first kappa shape index (κ1) is 31.0. The second kappa shape index (κ2) is 18.2. The Bertz CT molecular complexity index is 896. The van der Waals surface area contributed by atoms with E-state index >= 15 is 0 Å². The van der Waals surface area contributed by atoms with Crippen molar-refractivity contribution < 1.29 is 31.8 Å². The molecule has 0 spiro atoms. The van der Waals surface area contributed by atoms with Gasteiger partial charge in [-0.25, -0.2) is 8.42 Å². The van der Waals surface area contributed by atoms with Gasteiger partial charge in [0.15, 0.2) is 0 Å². The van der Waals surface area contributed by atoms with Crippen LogP contribution in [0, 0.1) is 0 Å². The standard InChI is InChI=1S/C29H44O3S.Li/c1-2-3-4-5-6-7-8-9-10-11-12-13-14-15-16-21-26-22-17-18-23-27(26)28-24-19-20-25-29(28)33(30,31)32;/h17-20,22-25H,2-16,21H2,1H3,(H,30,31,32);/q;+1/p-1. The fourth-order valence-corrected chi connectivity index (χ4v) is 5.29. The maximum absolute atomic E-state index is 11.7. The van der Waals surface area contributed by atoms with Crippen LogP contribution in [-0.2, 0) is 16.5 Å². The van der Waals surface area contributed by atoms with Gasteiger partial charge in [0.25, 0.3) is 0 Å². The summed E-state index contributed by atoms with van der Waals surface area (Å²) in [6.45, 7) is 2.27. The minimum Gasteiger partial charge on any atom is -0.744 e. The van der Waals surface area contributed by atoms with Crippen molar-refractivity contribution in [3.05, 3.63) is 54.1 Å². The molecule has 0 atom stereocenters. The summed E-state index contributed by atoms with van der Waals surface area (Å²) in [6, 6.07) is 14.4. The number of aryl methyl sites for hydroxylation is 1. The molecular formula is C29H43LiO3S. The van der Waals surface area contributed by atoms with Crippen molar-refractivity contribution in [2.45, 2.75) is 115 Å². The molecule has 0 aromatic heterocycles. The van der Waals surface area contributed by atoms with Crippen molar-refractivity contribution in [1.29, 1.82) is 0 Å². The van der Waals surface area contributed by atoms with Crippen LogP contribution in [0.15, 0.2) is 53.4 Å². The van der Waals surface area contributed by atoms with E-state index in [1.165, 1.54) is 96.0 Å². The number of hydrogen-bond donors (Lipinski definition) is 0. The van der Waals surface area contributed by atoms with Crippen LogP contribution >= 0.6 is 0 Å². The molecule has 0 saturated heterocycles. The van der Waals surface area contributed by atoms with Gasteiger partial charge in [-0.15, -0.1) is 0 Å². The number of rotatable bonds is 18. The van der Waals surface area contributed by atoms with E-state index in [-0.39, 0.29) is 23.8 Å². The van der Waals surface area contributed by atoms with Crippen molar-refractivity contribution in [3.63, 3.8) is 0 Å². The molecule has 0 saturated carbocycles. The minimum atomic E-state index is -4.50. The van der Waals surface area contributed by atoms with E-state index < -0.39 is 10.1 Å². The van der Waals surface area contributed by atoms with Gasteiger partial charge < -0.3 is 4.55 Å². The predicted octanol–water partition coefficient (Wildman–Crippen LogP) is 5.68. The zero-order valence-corrected chi connectivity index (χ0v) is 22.4. The molecule has 0 heterocycles. The van der Waals surface area contributed by atoms with Gasteiger partial charge in [0.05, 0.1) is 4.90 Å². The summed E-state index contributed by atoms with van der Waals surface area (Å²) < 4.78 is 35.1. The number of benzene rings is 2. The van der Waals surface area contributed by atoms with Gasteiger partial charge in [0.2, 0.25) is 0 Å². The molecule has 0 aliphatic heterocycles. The van der Waals surface area contributed by atoms with Crippen LogP contribution in [0.2, 0.25) is 0 Å². The third-order valence-corrected chi connectivity index (χ3v) is 7.41. The van der Waals surface area contributed by atoms with Crippen molar-refractivity contribution in [1.82, 2.24) is 0 Å². The second-order valence-corrected chi connectivity index (χ2v) is 10.7. The Balaban J connectivity index is 0.00000578. The van der Waals surface area contributed by atoms with Gasteiger partial charge in [-0.3, -0.25) is 0 Å². The van der Waals surface area contributed by atoms with E-state index in [9.17, 15) is 13.0 Å². The van der Waals surface area contributed by atoms with Crippen LogP contribution < -0.4 is 18.9 Å². The Hall–Kier alpha value is -1.05. The summed E-state index contributed by atoms with van der Waals surface area (Å²) in [6.07, 6.45) is 21.0. The molecule has 3 nitrogen and oxygen atoms in total. The molecule has 5 heteroatoms. The first-order valence-electron chi connectivity index (χ1n) is 13.2. The molecule has 0 N–H and O–H groups in total. The Morgan fingerprint density at radius 2 is 1.00 bits per heavy atom. The molecule has 0 radical (unpaired) electrons. The first-order valence-corrected chi connectivity index (χ1v) is 14.6. The summed E-state index contributed by atoms with van der Waals surface area (Å²) in [7, 11) is -4.50. The molecule has 2 aromatic carbocycles. The fourth-order valence-electron chi connectivity index (χ4n) is 4.59. The third kappa shape index (κ3) is 12.1. The van der Waals surface area contributed by atoms with Gasteiger partial charge in [0, 0.05) is 0 Å². The predicted molar refractivity (Wildman–Crippen MR) is 138 cm³/mol. The average Bonchev–Trinajstić information content (AvgIpc) is 2.81. The maximum Gasteiger partial charge on any atom is 1.00 e. The van der Waals surface area contributed by atoms with Gasteiger partial charge in [0.1, 0.15) is 10.1 Å². The normalized spacial score (nSPS) is 11.4. The number of unbranched alkanes of at least 4 members (excludes halogenated alkanes) is 14. The van der Waals surface area contributed by atoms with E-state index in [4.69, 9.17) is 0 Å². The van der Waals surface area contributed by atoms with Gasteiger partial charge >= 0.3 is 18.9 Å². The molecule has 34 heavy (non-hydrogen) atoms. The van der Waals surface area contributed by atoms with Crippen LogP contribution in [0.25, 0.3) is 11.1 Å². The SMILES string of the molecule is CCCCCCCCCCCCCCCCCc1ccccc1-c1ccccc1S(=O)(=O)[O-].[Li+]. The molecule has 2 aromatic rings. The average molecular weight is 479 g/mol. The van der Waals surface area contributed by atoms with Crippen LogP contribution in [0.3, 0.4) is 0 Å². The molecule has 0 fully saturated rings. The van der Waals surface area contributed by atoms with E-state index in [1.807, 2.05) is 24.3 Å². The molecule has 0 unspecified atom stereocenters. The topological polar surface area (TPSA) is 57.2 Å². The van der Waals surface area contributed by atoms with E-state index in [0.717, 1.165) is 24.0 Å². The van der Waals surface area contributed by atoms with Crippen LogP contribution in [0.1, 0.15) is 109 Å².